The second-order valence-corrected chi connectivity index (χ2v) is 9.36. The molecule has 9 nitrogen and oxygen atoms in total. The van der Waals surface area contributed by atoms with E-state index in [1.807, 2.05) is 0 Å². The van der Waals surface area contributed by atoms with Crippen molar-refractivity contribution in [2.45, 2.75) is 37.4 Å². The van der Waals surface area contributed by atoms with Gasteiger partial charge in [-0.05, 0) is 29.7 Å². The normalized spacial score (nSPS) is 20.2. The Bertz CT molecular complexity index is 1300. The minimum Gasteiger partial charge on any atom is -0.502 e. The molecule has 1 unspecified atom stereocenters. The predicted octanol–water partition coefficient (Wildman–Crippen LogP) is -0.873. The number of carbonyl (C=O) groups excluding carboxylic acids is 4. The first-order valence-electron chi connectivity index (χ1n) is 11.9. The van der Waals surface area contributed by atoms with Crippen molar-refractivity contribution in [3.8, 4) is 5.75 Å². The fourth-order valence-electron chi connectivity index (χ4n) is 4.80. The maximum Gasteiger partial charge on any atom is 0.255 e. The number of fused-ring (bicyclic) bond motifs is 1. The molecular weight excluding hydrogens is 471 g/mol. The van der Waals surface area contributed by atoms with Gasteiger partial charge in [0.15, 0.2) is 0 Å². The topological polar surface area (TPSA) is 105 Å². The third-order valence-corrected chi connectivity index (χ3v) is 6.86. The van der Waals surface area contributed by atoms with Crippen LogP contribution in [0.5, 0.6) is 5.75 Å². The molecule has 2 aromatic carbocycles. The number of ether oxygens (including phenoxy) is 2. The number of imide groups is 1. The van der Waals surface area contributed by atoms with Crippen molar-refractivity contribution >= 4 is 52.6 Å². The number of hydrogen-bond donors (Lipinski definition) is 1. The number of rotatable bonds is 6. The zero-order valence-electron chi connectivity index (χ0n) is 20.1. The van der Waals surface area contributed by atoms with E-state index >= 15 is 0 Å². The molecule has 0 aliphatic carbocycles. The van der Waals surface area contributed by atoms with E-state index in [0.29, 0.717) is 47.6 Å². The fourth-order valence-corrected chi connectivity index (χ4v) is 4.80. The first-order valence-corrected chi connectivity index (χ1v) is 11.9. The third kappa shape index (κ3) is 4.90. The van der Waals surface area contributed by atoms with Crippen molar-refractivity contribution in [3.05, 3.63) is 58.7 Å². The highest BCUT2D eigenvalue weighted by Gasteiger charge is 2.40. The van der Waals surface area contributed by atoms with E-state index in [0.717, 1.165) is 5.56 Å². The average Bonchev–Trinajstić information content (AvgIpc) is 3.19. The van der Waals surface area contributed by atoms with Crippen LogP contribution < -0.4 is 15.5 Å². The minimum absolute atomic E-state index is 0.0470. The lowest BCUT2D eigenvalue weighted by Crippen LogP contribution is -2.52. The molecule has 12 heteroatoms. The van der Waals surface area contributed by atoms with Crippen LogP contribution in [0.4, 0.5) is 0 Å². The molecule has 6 radical (unpaired) electrons. The Labute approximate surface area is 218 Å². The van der Waals surface area contributed by atoms with Crippen molar-refractivity contribution in [1.82, 2.24) is 15.1 Å². The molecule has 0 saturated carbocycles. The molecule has 2 aromatic rings. The summed E-state index contributed by atoms with van der Waals surface area (Å²) in [6.45, 7) is 1.44. The van der Waals surface area contributed by atoms with Gasteiger partial charge in [-0.2, -0.15) is 0 Å². The van der Waals surface area contributed by atoms with Gasteiger partial charge in [-0.3, -0.25) is 24.5 Å². The molecule has 4 amide bonds. The van der Waals surface area contributed by atoms with E-state index in [1.54, 1.807) is 41.3 Å². The van der Waals surface area contributed by atoms with E-state index in [9.17, 15) is 19.2 Å². The highest BCUT2D eigenvalue weighted by atomic mass is 16.5. The van der Waals surface area contributed by atoms with Gasteiger partial charge in [0.1, 0.15) is 41.9 Å². The monoisotopic (exact) mass is 493 g/mol. The summed E-state index contributed by atoms with van der Waals surface area (Å²) in [5.41, 5.74) is 2.46. The molecule has 5 rings (SSSR count). The molecule has 0 bridgehead atoms. The van der Waals surface area contributed by atoms with Crippen LogP contribution in [0, 0.1) is 0 Å². The van der Waals surface area contributed by atoms with Gasteiger partial charge in [-0.1, -0.05) is 29.7 Å². The quantitative estimate of drug-likeness (QED) is 0.415. The van der Waals surface area contributed by atoms with Gasteiger partial charge in [0, 0.05) is 36.0 Å². The van der Waals surface area contributed by atoms with E-state index in [4.69, 9.17) is 33.0 Å². The molecule has 3 aliphatic rings. The predicted molar refractivity (Wildman–Crippen MR) is 134 cm³/mol. The number of piperidine rings is 1. The highest BCUT2D eigenvalue weighted by Crippen LogP contribution is 2.36. The maximum atomic E-state index is 13.1. The SMILES string of the molecule is [B]c1cc(C([B])([B])Oc2cccc3c2CN(C2CCC(=O)NC2=O)C3=O)ccc1CN1CCOCC1=O. The molecule has 1 N–H and O–H groups in total. The number of hydrogen-bond acceptors (Lipinski definition) is 6. The minimum atomic E-state index is -1.79. The number of nitrogens with zero attached hydrogens (tertiary/aromatic N) is 2. The Morgan fingerprint density at radius 2 is 1.95 bits per heavy atom. The van der Waals surface area contributed by atoms with Gasteiger partial charge in [0.2, 0.25) is 17.7 Å². The highest BCUT2D eigenvalue weighted by molar-refractivity contribution is 6.39. The van der Waals surface area contributed by atoms with E-state index < -0.39 is 17.3 Å². The van der Waals surface area contributed by atoms with E-state index in [2.05, 4.69) is 5.32 Å². The molecule has 182 valence electrons. The number of benzene rings is 2. The van der Waals surface area contributed by atoms with Crippen LogP contribution >= 0.6 is 0 Å². The Morgan fingerprint density at radius 1 is 1.14 bits per heavy atom. The smallest absolute Gasteiger partial charge is 0.255 e. The zero-order valence-corrected chi connectivity index (χ0v) is 20.1. The van der Waals surface area contributed by atoms with E-state index in [-0.39, 0.29) is 43.7 Å². The summed E-state index contributed by atoms with van der Waals surface area (Å²) in [4.78, 5) is 52.1. The van der Waals surface area contributed by atoms with E-state index in [1.165, 1.54) is 4.90 Å². The summed E-state index contributed by atoms with van der Waals surface area (Å²) in [7, 11) is 19.0. The maximum absolute atomic E-state index is 13.1. The molecule has 3 heterocycles. The Hall–Kier alpha value is -3.53. The number of amides is 4. The van der Waals surface area contributed by atoms with Gasteiger partial charge in [-0.25, -0.2) is 0 Å². The molecule has 37 heavy (non-hydrogen) atoms. The zero-order chi connectivity index (χ0) is 26.3. The van der Waals surface area contributed by atoms with Crippen molar-refractivity contribution in [1.29, 1.82) is 0 Å². The lowest BCUT2D eigenvalue weighted by atomic mass is 9.60. The second kappa shape index (κ2) is 9.74. The molecular formula is C25H22B3N3O6. The number of carbonyl (C=O) groups is 4. The van der Waals surface area contributed by atoms with Gasteiger partial charge in [0.25, 0.3) is 5.91 Å². The molecule has 2 saturated heterocycles. The first kappa shape index (κ1) is 25.1. The molecule has 1 atom stereocenters. The Kier molecular flexibility index (Phi) is 6.62. The Balaban J connectivity index is 1.34. The van der Waals surface area contributed by atoms with Crippen LogP contribution in [0.2, 0.25) is 0 Å². The van der Waals surface area contributed by atoms with Crippen LogP contribution in [-0.2, 0) is 37.6 Å². The van der Waals surface area contributed by atoms with Crippen molar-refractivity contribution in [3.63, 3.8) is 0 Å². The second-order valence-electron chi connectivity index (χ2n) is 9.36. The summed E-state index contributed by atoms with van der Waals surface area (Å²) < 4.78 is 11.2. The van der Waals surface area contributed by atoms with Crippen molar-refractivity contribution in [2.24, 2.45) is 0 Å². The fraction of sp³-hybridized carbons (Fsp3) is 0.360. The Morgan fingerprint density at radius 3 is 2.68 bits per heavy atom. The molecule has 2 fully saturated rings. The van der Waals surface area contributed by atoms with Gasteiger partial charge < -0.3 is 19.3 Å². The number of nitrogens with one attached hydrogen (secondary N) is 1. The summed E-state index contributed by atoms with van der Waals surface area (Å²) in [5.74, 6) is -0.995. The third-order valence-electron chi connectivity index (χ3n) is 6.86. The summed E-state index contributed by atoms with van der Waals surface area (Å²) in [6, 6.07) is 9.21. The van der Waals surface area contributed by atoms with Crippen LogP contribution in [0.1, 0.15) is 39.9 Å². The van der Waals surface area contributed by atoms with Crippen LogP contribution in [0.25, 0.3) is 0 Å². The van der Waals surface area contributed by atoms with Crippen LogP contribution in [0.3, 0.4) is 0 Å². The lowest BCUT2D eigenvalue weighted by molar-refractivity contribution is -0.143. The average molecular weight is 493 g/mol. The first-order chi connectivity index (χ1) is 17.6. The molecule has 3 aliphatic heterocycles. The van der Waals surface area contributed by atoms with Gasteiger partial charge in [0.05, 0.1) is 13.2 Å². The summed E-state index contributed by atoms with van der Waals surface area (Å²) in [6.07, 6.45) is 0.408. The standard InChI is InChI=1S/C25H22B3N3O6/c26-18-10-15(5-4-14(18)11-30-8-9-36-13-22(30)33)25(27,28)37-20-3-1-2-16-17(20)12-31(24(16)35)19-6-7-21(32)29-23(19)34/h1-5,10,19H,6-9,11-13H2,(H,29,32,34). The largest absolute Gasteiger partial charge is 0.502 e. The summed E-state index contributed by atoms with van der Waals surface area (Å²) >= 11 is 0. The van der Waals surface area contributed by atoms with Gasteiger partial charge >= 0.3 is 0 Å². The molecule has 0 aromatic heterocycles. The summed E-state index contributed by atoms with van der Waals surface area (Å²) in [5, 5.41) is 0.493. The van der Waals surface area contributed by atoms with Crippen LogP contribution in [0.15, 0.2) is 36.4 Å². The molecule has 0 spiro atoms. The number of morpholine rings is 1. The van der Waals surface area contributed by atoms with Crippen molar-refractivity contribution in [2.75, 3.05) is 19.8 Å². The lowest BCUT2D eigenvalue weighted by Gasteiger charge is -2.32. The van der Waals surface area contributed by atoms with Gasteiger partial charge in [-0.15, -0.1) is 0 Å². The van der Waals surface area contributed by atoms with Crippen molar-refractivity contribution < 1.29 is 28.7 Å². The van der Waals surface area contributed by atoms with Crippen LogP contribution in [-0.4, -0.2) is 82.8 Å².